The Bertz CT molecular complexity index is 3420. The summed E-state index contributed by atoms with van der Waals surface area (Å²) in [5.41, 5.74) is -6.44. The molecule has 0 bridgehead atoms. The molecule has 0 N–H and O–H groups in total. The average molecular weight is 593 g/mol. The number of hydrogen-bond acceptors (Lipinski definition) is 1. The summed E-state index contributed by atoms with van der Waals surface area (Å²) in [5.74, 6) is -1.43. The monoisotopic (exact) mass is 592 g/mol. The van der Waals surface area contributed by atoms with Crippen LogP contribution >= 0.6 is 0 Å². The summed E-state index contributed by atoms with van der Waals surface area (Å²) < 4.78 is 182. The van der Waals surface area contributed by atoms with Crippen molar-refractivity contribution in [3.05, 3.63) is 186 Å². The van der Waals surface area contributed by atoms with Crippen LogP contribution < -0.4 is 4.74 Å². The average Bonchev–Trinajstić information content (AvgIpc) is 3.78. The topological polar surface area (TPSA) is 14.2 Å². The Morgan fingerprint density at radius 2 is 1.02 bits per heavy atom. The zero-order valence-electron chi connectivity index (χ0n) is 42.0. The molecule has 0 saturated heterocycles. The molecule has 2 nitrogen and oxygen atoms in total. The van der Waals surface area contributed by atoms with Crippen molar-refractivity contribution >= 4 is 21.8 Å². The molecule has 45 heavy (non-hydrogen) atoms. The maximum Gasteiger partial charge on any atom is 0.132 e. The van der Waals surface area contributed by atoms with Crippen LogP contribution in [0.5, 0.6) is 11.5 Å². The Labute approximate surface area is 288 Å². The fourth-order valence-electron chi connectivity index (χ4n) is 6.73. The molecule has 2 heteroatoms. The van der Waals surface area contributed by atoms with Gasteiger partial charge in [-0.3, -0.25) is 0 Å². The Kier molecular flexibility index (Phi) is 2.55. The van der Waals surface area contributed by atoms with Crippen LogP contribution in [-0.2, 0) is 5.41 Å². The molecule has 7 aromatic carbocycles. The third-order valence-corrected chi connectivity index (χ3v) is 8.48. The first kappa shape index (κ1) is 12.6. The van der Waals surface area contributed by atoms with Gasteiger partial charge >= 0.3 is 0 Å². The number of hydrogen-bond donors (Lipinski definition) is 0. The Morgan fingerprint density at radius 1 is 0.489 bits per heavy atom. The van der Waals surface area contributed by atoms with Crippen LogP contribution in [0.3, 0.4) is 0 Å². The number of nitrogens with zero attached hydrogens (tertiary/aromatic N) is 1. The smallest absolute Gasteiger partial charge is 0.132 e. The summed E-state index contributed by atoms with van der Waals surface area (Å²) in [7, 11) is 0. The molecule has 210 valence electrons. The Hall–Kier alpha value is -5.86. The molecule has 0 saturated carbocycles. The fraction of sp³-hybridized carbons (Fsp3) is 0.0233. The molecular weight excluding hydrogens is 546 g/mol. The predicted molar refractivity (Wildman–Crippen MR) is 184 cm³/mol. The van der Waals surface area contributed by atoms with Crippen LogP contribution in [0.4, 0.5) is 0 Å². The molecule has 0 atom stereocenters. The first-order chi connectivity index (χ1) is 30.2. The highest BCUT2D eigenvalue weighted by Crippen LogP contribution is 2.62. The number of benzene rings is 7. The summed E-state index contributed by atoms with van der Waals surface area (Å²) in [6, 6.07) is -1.41. The molecule has 0 radical (unpaired) electrons. The molecule has 1 aliphatic heterocycles. The number of para-hydroxylation sites is 4. The van der Waals surface area contributed by atoms with Crippen molar-refractivity contribution in [1.29, 1.82) is 0 Å². The minimum absolute atomic E-state index is 0.242. The molecule has 1 aromatic heterocycles. The van der Waals surface area contributed by atoms with Crippen molar-refractivity contribution in [2.45, 2.75) is 5.41 Å². The second kappa shape index (κ2) is 9.07. The van der Waals surface area contributed by atoms with Gasteiger partial charge in [0.2, 0.25) is 0 Å². The first-order valence-electron chi connectivity index (χ1n) is 23.5. The van der Waals surface area contributed by atoms with E-state index in [0.29, 0.717) is 21.8 Å². The quantitative estimate of drug-likeness (QED) is 0.195. The van der Waals surface area contributed by atoms with Gasteiger partial charge in [0, 0.05) is 27.5 Å². The van der Waals surface area contributed by atoms with Crippen molar-refractivity contribution in [3.63, 3.8) is 0 Å². The molecule has 1 aliphatic carbocycles. The number of rotatable bonds is 2. The zero-order valence-corrected chi connectivity index (χ0v) is 23.0. The van der Waals surface area contributed by atoms with E-state index in [2.05, 4.69) is 0 Å². The normalized spacial score (nSPS) is 19.6. The van der Waals surface area contributed by atoms with E-state index in [0.717, 1.165) is 0 Å². The second-order valence-corrected chi connectivity index (χ2v) is 10.6. The predicted octanol–water partition coefficient (Wildman–Crippen LogP) is 10.9. The summed E-state index contributed by atoms with van der Waals surface area (Å²) in [5, 5.41) is 1.36. The minimum atomic E-state index is -2.76. The highest BCUT2D eigenvalue weighted by molar-refractivity contribution is 6.09. The third-order valence-electron chi connectivity index (χ3n) is 8.48. The van der Waals surface area contributed by atoms with E-state index in [1.165, 1.54) is 0 Å². The number of ether oxygens (including phenoxy) is 1. The summed E-state index contributed by atoms with van der Waals surface area (Å²) >= 11 is 0. The van der Waals surface area contributed by atoms with Gasteiger partial charge in [-0.15, -0.1) is 0 Å². The molecule has 0 amide bonds. The van der Waals surface area contributed by atoms with Gasteiger partial charge in [-0.1, -0.05) is 127 Å². The summed E-state index contributed by atoms with van der Waals surface area (Å²) in [4.78, 5) is 0. The van der Waals surface area contributed by atoms with Gasteiger partial charge < -0.3 is 9.30 Å². The van der Waals surface area contributed by atoms with Gasteiger partial charge in [0.05, 0.1) is 48.2 Å². The van der Waals surface area contributed by atoms with E-state index in [-0.39, 0.29) is 5.69 Å². The van der Waals surface area contributed by atoms with Crippen molar-refractivity contribution in [2.24, 2.45) is 0 Å². The van der Waals surface area contributed by atoms with Crippen molar-refractivity contribution in [1.82, 2.24) is 4.57 Å². The Balaban J connectivity index is 1.50. The summed E-state index contributed by atoms with van der Waals surface area (Å²) in [6.45, 7) is 0. The first-order valence-corrected chi connectivity index (χ1v) is 14.0. The molecule has 0 fully saturated rings. The van der Waals surface area contributed by atoms with E-state index in [1.54, 1.807) is 41.0 Å². The SMILES string of the molecule is [2H]c1c([2H])c([2H])c2c(c1[2H])Oc1c([2H])c([2H])c(-c3c([2H])c([2H])c([2H])c([2H])c3-n3c4ccccc4c4ccccc43)c([2H])c1C21c2c([2H])c([2H])c([2H])c([2H])c2-c2c([2H])c([2H])c([2H])c([2H])c21. The third kappa shape index (κ3) is 3.18. The number of aromatic nitrogens is 1. The zero-order chi connectivity index (χ0) is 46.1. The van der Waals surface area contributed by atoms with Crippen molar-refractivity contribution in [3.8, 4) is 39.4 Å². The van der Waals surface area contributed by atoms with E-state index >= 15 is 0 Å². The van der Waals surface area contributed by atoms with Gasteiger partial charge in [-0.05, 0) is 64.1 Å². The van der Waals surface area contributed by atoms with Crippen LogP contribution in [0.25, 0.3) is 49.7 Å². The molecule has 0 unspecified atom stereocenters. The lowest BCUT2D eigenvalue weighted by molar-refractivity contribution is 0.436. The van der Waals surface area contributed by atoms with Crippen LogP contribution in [0, 0.1) is 0 Å². The standard InChI is InChI=1S/C43H27NO/c1-6-18-34-30(14-1)31-15-2-7-19-35(31)43(34)36-20-8-12-24-41(36)45-42-26-25-28(27-37(42)43)29-13-3-9-21-38(29)44-39-22-10-4-16-32(39)33-17-5-11-23-40(33)44/h1-27H/i1D,2D,3D,6D,7D,8D,9D,12D,13D,14D,15D,18D,19D,20D,21D,24D,25D,26D,27D. The van der Waals surface area contributed by atoms with Crippen LogP contribution in [0.1, 0.15) is 48.3 Å². The van der Waals surface area contributed by atoms with Gasteiger partial charge in [-0.2, -0.15) is 0 Å². The van der Waals surface area contributed by atoms with Crippen molar-refractivity contribution < 1.29 is 30.8 Å². The van der Waals surface area contributed by atoms with E-state index in [1.807, 2.05) is 12.1 Å². The lowest BCUT2D eigenvalue weighted by Crippen LogP contribution is -2.32. The largest absolute Gasteiger partial charge is 0.457 e. The maximum atomic E-state index is 10.3. The number of fused-ring (bicyclic) bond motifs is 12. The fourth-order valence-corrected chi connectivity index (χ4v) is 6.73. The van der Waals surface area contributed by atoms with Gasteiger partial charge in [-0.25, -0.2) is 0 Å². The van der Waals surface area contributed by atoms with Gasteiger partial charge in [0.15, 0.2) is 0 Å². The minimum Gasteiger partial charge on any atom is -0.457 e. The van der Waals surface area contributed by atoms with Crippen LogP contribution in [-0.4, -0.2) is 4.57 Å². The van der Waals surface area contributed by atoms with E-state index in [9.17, 15) is 13.7 Å². The highest BCUT2D eigenvalue weighted by Gasteiger charge is 2.51. The van der Waals surface area contributed by atoms with Gasteiger partial charge in [0.25, 0.3) is 0 Å². The lowest BCUT2D eigenvalue weighted by atomic mass is 9.66. The maximum absolute atomic E-state index is 10.3. The molecule has 1 spiro atoms. The van der Waals surface area contributed by atoms with E-state index < -0.39 is 176 Å². The highest BCUT2D eigenvalue weighted by atomic mass is 16.5. The molecular formula is C43H27NO. The van der Waals surface area contributed by atoms with Gasteiger partial charge in [0.1, 0.15) is 11.5 Å². The molecule has 2 heterocycles. The molecule has 8 aromatic rings. The molecule has 10 rings (SSSR count). The van der Waals surface area contributed by atoms with Crippen LogP contribution in [0.2, 0.25) is 0 Å². The van der Waals surface area contributed by atoms with E-state index in [4.69, 9.17) is 17.1 Å². The molecule has 2 aliphatic rings. The Morgan fingerprint density at radius 3 is 1.71 bits per heavy atom. The summed E-state index contributed by atoms with van der Waals surface area (Å²) in [6.07, 6.45) is 0. The second-order valence-electron chi connectivity index (χ2n) is 10.6. The van der Waals surface area contributed by atoms with Crippen molar-refractivity contribution in [2.75, 3.05) is 0 Å². The lowest BCUT2D eigenvalue weighted by Gasteiger charge is -2.39. The van der Waals surface area contributed by atoms with Crippen LogP contribution in [0.15, 0.2) is 163 Å².